The van der Waals surface area contributed by atoms with E-state index in [1.807, 2.05) is 11.9 Å². The van der Waals surface area contributed by atoms with Gasteiger partial charge in [0.2, 0.25) is 5.91 Å². The summed E-state index contributed by atoms with van der Waals surface area (Å²) in [6.07, 6.45) is 0.507. The van der Waals surface area contributed by atoms with Gasteiger partial charge < -0.3 is 14.2 Å². The lowest BCUT2D eigenvalue weighted by Gasteiger charge is -2.26. The number of carbonyl (C=O) groups excluding carboxylic acids is 1. The maximum absolute atomic E-state index is 12.1. The standard InChI is InChI=1S/C13H20N2O2/c1-10-8-12(11(2)14(10)3)9-13(16)15-4-6-17-7-5-15/h8H,4-7,9H2,1-3H3. The zero-order chi connectivity index (χ0) is 12.4. The molecule has 2 rings (SSSR count). The summed E-state index contributed by atoms with van der Waals surface area (Å²) in [7, 11) is 2.04. The number of ether oxygens (including phenoxy) is 1. The average Bonchev–Trinajstić information content (AvgIpc) is 2.58. The number of morpholine rings is 1. The van der Waals surface area contributed by atoms with Crippen molar-refractivity contribution in [2.24, 2.45) is 7.05 Å². The van der Waals surface area contributed by atoms with Crippen molar-refractivity contribution in [3.63, 3.8) is 0 Å². The van der Waals surface area contributed by atoms with Crippen LogP contribution in [0.2, 0.25) is 0 Å². The van der Waals surface area contributed by atoms with Crippen LogP contribution in [0.1, 0.15) is 17.0 Å². The Hall–Kier alpha value is -1.29. The maximum atomic E-state index is 12.1. The normalized spacial score (nSPS) is 16.3. The average molecular weight is 236 g/mol. The first-order valence-electron chi connectivity index (χ1n) is 6.07. The molecule has 1 fully saturated rings. The first kappa shape index (κ1) is 12.2. The second-order valence-electron chi connectivity index (χ2n) is 4.63. The molecule has 1 aliphatic rings. The number of aromatic nitrogens is 1. The predicted octanol–water partition coefficient (Wildman–Crippen LogP) is 1.04. The highest BCUT2D eigenvalue weighted by Gasteiger charge is 2.18. The fourth-order valence-corrected chi connectivity index (χ4v) is 2.20. The zero-order valence-corrected chi connectivity index (χ0v) is 10.8. The van der Waals surface area contributed by atoms with E-state index >= 15 is 0 Å². The van der Waals surface area contributed by atoms with Gasteiger partial charge in [0.05, 0.1) is 19.6 Å². The summed E-state index contributed by atoms with van der Waals surface area (Å²) >= 11 is 0. The molecule has 0 aromatic carbocycles. The van der Waals surface area contributed by atoms with Crippen molar-refractivity contribution in [1.29, 1.82) is 0 Å². The number of aryl methyl sites for hydroxylation is 1. The van der Waals surface area contributed by atoms with Gasteiger partial charge in [-0.2, -0.15) is 0 Å². The molecule has 0 unspecified atom stereocenters. The molecule has 0 atom stereocenters. The molecule has 1 aromatic rings. The molecule has 0 radical (unpaired) electrons. The Balaban J connectivity index is 2.04. The van der Waals surface area contributed by atoms with Gasteiger partial charge in [0.1, 0.15) is 0 Å². The van der Waals surface area contributed by atoms with Gasteiger partial charge in [-0.1, -0.05) is 0 Å². The molecule has 1 amide bonds. The molecule has 0 N–H and O–H groups in total. The Bertz CT molecular complexity index is 417. The Morgan fingerprint density at radius 1 is 1.35 bits per heavy atom. The molecule has 0 aliphatic carbocycles. The molecule has 0 saturated carbocycles. The van der Waals surface area contributed by atoms with E-state index in [4.69, 9.17) is 4.74 Å². The van der Waals surface area contributed by atoms with Crippen molar-refractivity contribution in [2.75, 3.05) is 26.3 Å². The Morgan fingerprint density at radius 3 is 2.53 bits per heavy atom. The van der Waals surface area contributed by atoms with Crippen molar-refractivity contribution in [3.8, 4) is 0 Å². The Morgan fingerprint density at radius 2 is 2.00 bits per heavy atom. The van der Waals surface area contributed by atoms with Gasteiger partial charge in [-0.25, -0.2) is 0 Å². The third-order valence-electron chi connectivity index (χ3n) is 3.59. The molecule has 1 aromatic heterocycles. The summed E-state index contributed by atoms with van der Waals surface area (Å²) < 4.78 is 7.38. The lowest BCUT2D eigenvalue weighted by atomic mass is 10.1. The number of rotatable bonds is 2. The van der Waals surface area contributed by atoms with Crippen molar-refractivity contribution in [3.05, 3.63) is 23.0 Å². The number of hydrogen-bond acceptors (Lipinski definition) is 2. The highest BCUT2D eigenvalue weighted by Crippen LogP contribution is 2.15. The minimum absolute atomic E-state index is 0.210. The molecule has 4 heteroatoms. The molecular formula is C13H20N2O2. The minimum atomic E-state index is 0.210. The highest BCUT2D eigenvalue weighted by molar-refractivity contribution is 5.79. The van der Waals surface area contributed by atoms with Gasteiger partial charge in [-0.05, 0) is 25.5 Å². The van der Waals surface area contributed by atoms with Crippen LogP contribution in [0, 0.1) is 13.8 Å². The van der Waals surface area contributed by atoms with Gasteiger partial charge >= 0.3 is 0 Å². The number of nitrogens with zero attached hydrogens (tertiary/aromatic N) is 2. The van der Waals surface area contributed by atoms with Crippen LogP contribution < -0.4 is 0 Å². The molecule has 94 valence electrons. The molecule has 17 heavy (non-hydrogen) atoms. The van der Waals surface area contributed by atoms with Crippen molar-refractivity contribution >= 4 is 5.91 Å². The van der Waals surface area contributed by atoms with Crippen LogP contribution in [0.4, 0.5) is 0 Å². The van der Waals surface area contributed by atoms with E-state index in [0.717, 1.165) is 18.7 Å². The van der Waals surface area contributed by atoms with Gasteiger partial charge in [0.15, 0.2) is 0 Å². The number of carbonyl (C=O) groups is 1. The molecular weight excluding hydrogens is 216 g/mol. The van der Waals surface area contributed by atoms with E-state index in [1.54, 1.807) is 0 Å². The summed E-state index contributed by atoms with van der Waals surface area (Å²) in [6, 6.07) is 2.10. The van der Waals surface area contributed by atoms with Crippen molar-refractivity contribution in [2.45, 2.75) is 20.3 Å². The predicted molar refractivity (Wildman–Crippen MR) is 66.0 cm³/mol. The van der Waals surface area contributed by atoms with E-state index in [1.165, 1.54) is 11.4 Å². The smallest absolute Gasteiger partial charge is 0.227 e. The first-order valence-corrected chi connectivity index (χ1v) is 6.07. The lowest BCUT2D eigenvalue weighted by molar-refractivity contribution is -0.134. The molecule has 1 aliphatic heterocycles. The quantitative estimate of drug-likeness (QED) is 0.769. The fourth-order valence-electron chi connectivity index (χ4n) is 2.20. The van der Waals surface area contributed by atoms with Gasteiger partial charge in [-0.15, -0.1) is 0 Å². The topological polar surface area (TPSA) is 34.5 Å². The van der Waals surface area contributed by atoms with Crippen LogP contribution in [0.3, 0.4) is 0 Å². The summed E-state index contributed by atoms with van der Waals surface area (Å²) in [5.74, 6) is 0.210. The maximum Gasteiger partial charge on any atom is 0.227 e. The largest absolute Gasteiger partial charge is 0.378 e. The molecule has 1 saturated heterocycles. The van der Waals surface area contributed by atoms with E-state index in [2.05, 4.69) is 24.5 Å². The fraction of sp³-hybridized carbons (Fsp3) is 0.615. The van der Waals surface area contributed by atoms with E-state index in [0.29, 0.717) is 19.6 Å². The van der Waals surface area contributed by atoms with Crippen LogP contribution in [0.5, 0.6) is 0 Å². The summed E-state index contributed by atoms with van der Waals surface area (Å²) in [5, 5.41) is 0. The summed E-state index contributed by atoms with van der Waals surface area (Å²) in [6.45, 7) is 6.91. The van der Waals surface area contributed by atoms with E-state index in [9.17, 15) is 4.79 Å². The third kappa shape index (κ3) is 2.52. The second kappa shape index (κ2) is 4.92. The van der Waals surface area contributed by atoms with Gasteiger partial charge in [-0.3, -0.25) is 4.79 Å². The molecule has 2 heterocycles. The van der Waals surface area contributed by atoms with Crippen molar-refractivity contribution in [1.82, 2.24) is 9.47 Å². The lowest BCUT2D eigenvalue weighted by Crippen LogP contribution is -2.41. The van der Waals surface area contributed by atoms with Gasteiger partial charge in [0, 0.05) is 31.5 Å². The second-order valence-corrected chi connectivity index (χ2v) is 4.63. The molecule has 4 nitrogen and oxygen atoms in total. The molecule has 0 bridgehead atoms. The molecule has 0 spiro atoms. The Labute approximate surface area is 102 Å². The van der Waals surface area contributed by atoms with Crippen LogP contribution in [-0.4, -0.2) is 41.7 Å². The summed E-state index contributed by atoms with van der Waals surface area (Å²) in [4.78, 5) is 14.0. The zero-order valence-electron chi connectivity index (χ0n) is 10.8. The third-order valence-corrected chi connectivity index (χ3v) is 3.59. The van der Waals surface area contributed by atoms with Gasteiger partial charge in [0.25, 0.3) is 0 Å². The first-order chi connectivity index (χ1) is 8.09. The summed E-state index contributed by atoms with van der Waals surface area (Å²) in [5.41, 5.74) is 3.53. The van der Waals surface area contributed by atoms with Crippen molar-refractivity contribution < 1.29 is 9.53 Å². The van der Waals surface area contributed by atoms with Crippen LogP contribution in [0.15, 0.2) is 6.07 Å². The SMILES string of the molecule is Cc1cc(CC(=O)N2CCOCC2)c(C)n1C. The van der Waals surface area contributed by atoms with E-state index in [-0.39, 0.29) is 5.91 Å². The highest BCUT2D eigenvalue weighted by atomic mass is 16.5. The monoisotopic (exact) mass is 236 g/mol. The Kier molecular flexibility index (Phi) is 3.52. The number of amides is 1. The minimum Gasteiger partial charge on any atom is -0.378 e. The van der Waals surface area contributed by atoms with Crippen LogP contribution in [0.25, 0.3) is 0 Å². The van der Waals surface area contributed by atoms with E-state index < -0.39 is 0 Å². The van der Waals surface area contributed by atoms with Crippen LogP contribution >= 0.6 is 0 Å². The number of hydrogen-bond donors (Lipinski definition) is 0. The van der Waals surface area contributed by atoms with Crippen LogP contribution in [-0.2, 0) is 23.0 Å².